The first-order chi connectivity index (χ1) is 11.8. The van der Waals surface area contributed by atoms with Crippen molar-refractivity contribution < 1.29 is 13.7 Å². The third-order valence-corrected chi connectivity index (χ3v) is 6.56. The normalized spacial score (nSPS) is 20.0. The van der Waals surface area contributed by atoms with E-state index in [1.54, 1.807) is 18.2 Å². The van der Waals surface area contributed by atoms with E-state index in [4.69, 9.17) is 12.2 Å². The molecule has 2 rings (SSSR count). The molecule has 0 saturated carbocycles. The Hall–Kier alpha value is -1.22. The van der Waals surface area contributed by atoms with Gasteiger partial charge in [0.2, 0.25) is 10.0 Å². The van der Waals surface area contributed by atoms with Crippen molar-refractivity contribution in [3.63, 3.8) is 0 Å². The van der Waals surface area contributed by atoms with Gasteiger partial charge in [0.1, 0.15) is 0 Å². The number of hydrogen-bond acceptors (Lipinski definition) is 3. The standard InChI is InChI=1S/C18H30N4O2S2/c1-17(2)11-14(12-18(3,4)21-17)20-16(25)19-13-8-7-9-15(10-13)26(23,24)22(5)6/h7-10,14,21H,11-12H2,1-6H3,(H2,19,20,25)/p+1. The van der Waals surface area contributed by atoms with Crippen molar-refractivity contribution >= 4 is 33.0 Å². The summed E-state index contributed by atoms with van der Waals surface area (Å²) >= 11 is 5.46. The van der Waals surface area contributed by atoms with Gasteiger partial charge in [0, 0.05) is 38.7 Å². The maximum absolute atomic E-state index is 12.3. The van der Waals surface area contributed by atoms with Gasteiger partial charge in [-0.1, -0.05) is 6.07 Å². The Balaban J connectivity index is 2.07. The van der Waals surface area contributed by atoms with Gasteiger partial charge >= 0.3 is 0 Å². The average molecular weight is 400 g/mol. The van der Waals surface area contributed by atoms with Crippen molar-refractivity contribution in [1.82, 2.24) is 9.62 Å². The fourth-order valence-corrected chi connectivity index (χ4v) is 5.15. The first kappa shape index (κ1) is 21.1. The summed E-state index contributed by atoms with van der Waals surface area (Å²) in [5, 5.41) is 9.46. The summed E-state index contributed by atoms with van der Waals surface area (Å²) in [5.74, 6) is 0. The monoisotopic (exact) mass is 399 g/mol. The lowest BCUT2D eigenvalue weighted by molar-refractivity contribution is -0.787. The Morgan fingerprint density at radius 1 is 1.19 bits per heavy atom. The molecule has 1 aliphatic heterocycles. The highest BCUT2D eigenvalue weighted by atomic mass is 32.2. The zero-order valence-corrected chi connectivity index (χ0v) is 18.1. The molecule has 1 aliphatic rings. The van der Waals surface area contributed by atoms with Crippen LogP contribution in [-0.2, 0) is 10.0 Å². The van der Waals surface area contributed by atoms with Crippen LogP contribution in [0, 0.1) is 0 Å². The van der Waals surface area contributed by atoms with E-state index in [2.05, 4.69) is 43.6 Å². The van der Waals surface area contributed by atoms with Gasteiger partial charge < -0.3 is 16.0 Å². The van der Waals surface area contributed by atoms with E-state index in [0.29, 0.717) is 10.8 Å². The van der Waals surface area contributed by atoms with E-state index >= 15 is 0 Å². The minimum atomic E-state index is -3.47. The molecule has 0 aromatic heterocycles. The van der Waals surface area contributed by atoms with Gasteiger partial charge in [0.05, 0.1) is 16.0 Å². The van der Waals surface area contributed by atoms with Crippen LogP contribution in [0.25, 0.3) is 0 Å². The largest absolute Gasteiger partial charge is 0.359 e. The molecule has 1 heterocycles. The molecule has 26 heavy (non-hydrogen) atoms. The first-order valence-corrected chi connectivity index (χ1v) is 10.6. The molecule has 0 amide bonds. The summed E-state index contributed by atoms with van der Waals surface area (Å²) in [6.45, 7) is 8.98. The molecule has 0 bridgehead atoms. The lowest BCUT2D eigenvalue weighted by Gasteiger charge is -2.43. The lowest BCUT2D eigenvalue weighted by Crippen LogP contribution is -3.06. The molecular weight excluding hydrogens is 368 g/mol. The summed E-state index contributed by atoms with van der Waals surface area (Å²) in [6, 6.07) is 6.98. The number of quaternary nitrogens is 1. The van der Waals surface area contributed by atoms with Gasteiger partial charge in [-0.3, -0.25) is 0 Å². The average Bonchev–Trinajstić information content (AvgIpc) is 2.43. The molecule has 1 fully saturated rings. The van der Waals surface area contributed by atoms with Gasteiger partial charge in [0.25, 0.3) is 0 Å². The van der Waals surface area contributed by atoms with Crippen LogP contribution < -0.4 is 16.0 Å². The van der Waals surface area contributed by atoms with Gasteiger partial charge in [-0.05, 0) is 58.1 Å². The van der Waals surface area contributed by atoms with Crippen LogP contribution in [0.5, 0.6) is 0 Å². The van der Waals surface area contributed by atoms with Crippen LogP contribution in [0.3, 0.4) is 0 Å². The van der Waals surface area contributed by atoms with E-state index in [9.17, 15) is 8.42 Å². The number of nitrogens with one attached hydrogen (secondary N) is 2. The van der Waals surface area contributed by atoms with Crippen molar-refractivity contribution in [3.05, 3.63) is 24.3 Å². The van der Waals surface area contributed by atoms with E-state index in [1.165, 1.54) is 18.4 Å². The number of anilines is 1. The summed E-state index contributed by atoms with van der Waals surface area (Å²) in [6.07, 6.45) is 2.01. The van der Waals surface area contributed by atoms with Gasteiger partial charge in [-0.15, -0.1) is 0 Å². The molecule has 0 radical (unpaired) electrons. The molecule has 0 spiro atoms. The summed E-state index contributed by atoms with van der Waals surface area (Å²) in [7, 11) is -0.430. The van der Waals surface area contributed by atoms with Crippen LogP contribution in [0.1, 0.15) is 40.5 Å². The molecule has 6 nitrogen and oxygen atoms in total. The van der Waals surface area contributed by atoms with Crippen molar-refractivity contribution in [2.24, 2.45) is 0 Å². The molecule has 146 valence electrons. The number of piperidine rings is 1. The smallest absolute Gasteiger partial charge is 0.242 e. The molecule has 8 heteroatoms. The first-order valence-electron chi connectivity index (χ1n) is 8.78. The van der Waals surface area contributed by atoms with Crippen molar-refractivity contribution in [2.75, 3.05) is 19.4 Å². The SMILES string of the molecule is CN(C)S(=O)(=O)c1cccc(NC(=S)NC2CC(C)(C)[NH2+]C(C)(C)C2)c1. The zero-order chi connectivity index (χ0) is 19.8. The highest BCUT2D eigenvalue weighted by Crippen LogP contribution is 2.22. The Morgan fingerprint density at radius 2 is 1.77 bits per heavy atom. The predicted molar refractivity (Wildman–Crippen MR) is 110 cm³/mol. The molecular formula is C18H31N4O2S2+. The minimum absolute atomic E-state index is 0.148. The molecule has 1 aromatic rings. The molecule has 0 unspecified atom stereocenters. The number of benzene rings is 1. The number of rotatable bonds is 4. The Kier molecular flexibility index (Phi) is 6.02. The van der Waals surface area contributed by atoms with E-state index < -0.39 is 10.0 Å². The van der Waals surface area contributed by atoms with Gasteiger partial charge in [0.15, 0.2) is 5.11 Å². The molecule has 0 aliphatic carbocycles. The number of nitrogens with two attached hydrogens (primary N) is 1. The minimum Gasteiger partial charge on any atom is -0.359 e. The fraction of sp³-hybridized carbons (Fsp3) is 0.611. The topological polar surface area (TPSA) is 78.1 Å². The Bertz CT molecular complexity index is 757. The lowest BCUT2D eigenvalue weighted by atomic mass is 9.80. The second-order valence-corrected chi connectivity index (χ2v) is 11.2. The van der Waals surface area contributed by atoms with Gasteiger partial charge in [-0.2, -0.15) is 0 Å². The summed E-state index contributed by atoms with van der Waals surface area (Å²) in [4.78, 5) is 0.241. The van der Waals surface area contributed by atoms with Crippen LogP contribution in [0.15, 0.2) is 29.2 Å². The van der Waals surface area contributed by atoms with Crippen molar-refractivity contribution in [2.45, 2.75) is 62.6 Å². The molecule has 1 saturated heterocycles. The van der Waals surface area contributed by atoms with E-state index in [1.807, 2.05) is 6.07 Å². The maximum Gasteiger partial charge on any atom is 0.242 e. The highest BCUT2D eigenvalue weighted by Gasteiger charge is 2.41. The van der Waals surface area contributed by atoms with Crippen molar-refractivity contribution in [1.29, 1.82) is 0 Å². The second kappa shape index (κ2) is 7.42. The maximum atomic E-state index is 12.3. The summed E-state index contributed by atoms with van der Waals surface area (Å²) in [5.41, 5.74) is 0.954. The Morgan fingerprint density at radius 3 is 2.31 bits per heavy atom. The fourth-order valence-electron chi connectivity index (χ4n) is 3.92. The van der Waals surface area contributed by atoms with Crippen molar-refractivity contribution in [3.8, 4) is 0 Å². The van der Waals surface area contributed by atoms with E-state index in [-0.39, 0.29) is 22.0 Å². The zero-order valence-electron chi connectivity index (χ0n) is 16.5. The quantitative estimate of drug-likeness (QED) is 0.669. The van der Waals surface area contributed by atoms with E-state index in [0.717, 1.165) is 12.8 Å². The van der Waals surface area contributed by atoms with Crippen LogP contribution in [0.4, 0.5) is 5.69 Å². The van der Waals surface area contributed by atoms with Gasteiger partial charge in [-0.25, -0.2) is 12.7 Å². The van der Waals surface area contributed by atoms with Crippen LogP contribution in [-0.4, -0.2) is 49.1 Å². The predicted octanol–water partition coefficient (Wildman–Crippen LogP) is 1.51. The molecule has 4 N–H and O–H groups in total. The third kappa shape index (κ3) is 5.39. The number of hydrogen-bond donors (Lipinski definition) is 3. The number of sulfonamides is 1. The third-order valence-electron chi connectivity index (χ3n) is 4.53. The highest BCUT2D eigenvalue weighted by molar-refractivity contribution is 7.89. The number of nitrogens with zero attached hydrogens (tertiary/aromatic N) is 1. The number of thiocarbonyl (C=S) groups is 1. The molecule has 0 atom stereocenters. The van der Waals surface area contributed by atoms with Crippen LogP contribution in [0.2, 0.25) is 0 Å². The Labute approximate surface area is 162 Å². The van der Waals surface area contributed by atoms with Crippen LogP contribution >= 0.6 is 12.2 Å². The molecule has 1 aromatic carbocycles. The summed E-state index contributed by atoms with van der Waals surface area (Å²) < 4.78 is 25.8. The second-order valence-electron chi connectivity index (χ2n) is 8.64.